The van der Waals surface area contributed by atoms with Crippen molar-refractivity contribution in [3.63, 3.8) is 0 Å². The van der Waals surface area contributed by atoms with Crippen molar-refractivity contribution in [1.82, 2.24) is 0 Å². The monoisotopic (exact) mass is 306 g/mol. The van der Waals surface area contributed by atoms with Gasteiger partial charge in [-0.3, -0.25) is 4.79 Å². The minimum atomic E-state index is -1.16. The van der Waals surface area contributed by atoms with Gasteiger partial charge in [0.25, 0.3) is 0 Å². The molecule has 0 radical (unpaired) electrons. The normalized spacial score (nSPS) is 10.5. The van der Waals surface area contributed by atoms with Crippen molar-refractivity contribution >= 4 is 22.5 Å². The molecule has 0 atom stereocenters. The number of carbonyl (C=O) groups is 2. The fourth-order valence-corrected chi connectivity index (χ4v) is 2.67. The SMILES string of the molecule is COc1cccc(C(=O)O)c1C(=O)c1cccc2ccccc12. The second-order valence-corrected chi connectivity index (χ2v) is 5.04. The fourth-order valence-electron chi connectivity index (χ4n) is 2.67. The topological polar surface area (TPSA) is 63.6 Å². The number of carboxylic acid groups (broad SMARTS) is 1. The molecule has 23 heavy (non-hydrogen) atoms. The molecule has 114 valence electrons. The minimum absolute atomic E-state index is 0.0673. The molecule has 1 N–H and O–H groups in total. The van der Waals surface area contributed by atoms with Gasteiger partial charge in [0.05, 0.1) is 18.2 Å². The molecule has 0 fully saturated rings. The largest absolute Gasteiger partial charge is 0.496 e. The van der Waals surface area contributed by atoms with Crippen LogP contribution in [0.1, 0.15) is 26.3 Å². The van der Waals surface area contributed by atoms with Crippen molar-refractivity contribution in [2.24, 2.45) is 0 Å². The van der Waals surface area contributed by atoms with Gasteiger partial charge in [-0.25, -0.2) is 4.79 Å². The zero-order valence-corrected chi connectivity index (χ0v) is 12.4. The molecule has 3 aromatic carbocycles. The Labute approximate surface area is 132 Å². The molecule has 0 aromatic heterocycles. The highest BCUT2D eigenvalue weighted by Crippen LogP contribution is 2.28. The van der Waals surface area contributed by atoms with Crippen molar-refractivity contribution < 1.29 is 19.4 Å². The van der Waals surface area contributed by atoms with Crippen LogP contribution >= 0.6 is 0 Å². The smallest absolute Gasteiger partial charge is 0.336 e. The second-order valence-electron chi connectivity index (χ2n) is 5.04. The lowest BCUT2D eigenvalue weighted by molar-refractivity contribution is 0.0692. The Bertz CT molecular complexity index is 907. The van der Waals surface area contributed by atoms with Crippen molar-refractivity contribution in [3.05, 3.63) is 77.4 Å². The van der Waals surface area contributed by atoms with Crippen LogP contribution in [0.3, 0.4) is 0 Å². The first kappa shape index (κ1) is 14.8. The molecule has 3 rings (SSSR count). The predicted molar refractivity (Wildman–Crippen MR) is 87.3 cm³/mol. The van der Waals surface area contributed by atoms with E-state index in [1.807, 2.05) is 30.3 Å². The summed E-state index contributed by atoms with van der Waals surface area (Å²) in [5.41, 5.74) is 0.455. The minimum Gasteiger partial charge on any atom is -0.496 e. The summed E-state index contributed by atoms with van der Waals surface area (Å²) in [7, 11) is 1.42. The molecule has 0 saturated heterocycles. The molecule has 0 aliphatic heterocycles. The van der Waals surface area contributed by atoms with E-state index in [2.05, 4.69) is 0 Å². The number of ketones is 1. The van der Waals surface area contributed by atoms with E-state index in [0.29, 0.717) is 5.56 Å². The van der Waals surface area contributed by atoms with Crippen molar-refractivity contribution in [2.45, 2.75) is 0 Å². The van der Waals surface area contributed by atoms with Gasteiger partial charge in [0.15, 0.2) is 5.78 Å². The highest BCUT2D eigenvalue weighted by molar-refractivity contribution is 6.20. The van der Waals surface area contributed by atoms with Crippen molar-refractivity contribution in [2.75, 3.05) is 7.11 Å². The third kappa shape index (κ3) is 2.55. The molecule has 0 amide bonds. The average Bonchev–Trinajstić information content (AvgIpc) is 2.59. The zero-order valence-electron chi connectivity index (χ0n) is 12.4. The lowest BCUT2D eigenvalue weighted by Crippen LogP contribution is -2.12. The highest BCUT2D eigenvalue weighted by atomic mass is 16.5. The number of ether oxygens (including phenoxy) is 1. The van der Waals surface area contributed by atoms with E-state index in [1.54, 1.807) is 24.3 Å². The number of fused-ring (bicyclic) bond motifs is 1. The molecule has 0 saturated carbocycles. The quantitative estimate of drug-likeness (QED) is 0.745. The van der Waals surface area contributed by atoms with E-state index >= 15 is 0 Å². The molecule has 0 aliphatic rings. The summed E-state index contributed by atoms with van der Waals surface area (Å²) in [4.78, 5) is 24.5. The Kier molecular flexibility index (Phi) is 3.81. The van der Waals surface area contributed by atoms with E-state index in [9.17, 15) is 14.7 Å². The standard InChI is InChI=1S/C19H14O4/c1-23-16-11-5-10-15(19(21)22)17(16)18(20)14-9-4-7-12-6-2-3-8-13(12)14/h2-11H,1H3,(H,21,22). The summed E-state index contributed by atoms with van der Waals surface area (Å²) in [6, 6.07) is 17.4. The van der Waals surface area contributed by atoms with Gasteiger partial charge in [-0.15, -0.1) is 0 Å². The number of methoxy groups -OCH3 is 1. The summed E-state index contributed by atoms with van der Waals surface area (Å²) < 4.78 is 5.21. The number of carbonyl (C=O) groups excluding carboxylic acids is 1. The van der Waals surface area contributed by atoms with E-state index < -0.39 is 5.97 Å². The lowest BCUT2D eigenvalue weighted by atomic mass is 9.93. The molecule has 3 aromatic rings. The summed E-state index contributed by atoms with van der Waals surface area (Å²) in [6.07, 6.45) is 0. The van der Waals surface area contributed by atoms with Gasteiger partial charge in [0.2, 0.25) is 0 Å². The third-order valence-corrected chi connectivity index (χ3v) is 3.74. The maximum Gasteiger partial charge on any atom is 0.336 e. The maximum atomic E-state index is 13.0. The van der Waals surface area contributed by atoms with Crippen LogP contribution in [0.2, 0.25) is 0 Å². The Morgan fingerprint density at radius 1 is 0.870 bits per heavy atom. The number of hydrogen-bond donors (Lipinski definition) is 1. The summed E-state index contributed by atoms with van der Waals surface area (Å²) >= 11 is 0. The van der Waals surface area contributed by atoms with Crippen LogP contribution in [-0.4, -0.2) is 24.0 Å². The molecule has 0 heterocycles. The van der Waals surface area contributed by atoms with Crippen LogP contribution in [-0.2, 0) is 0 Å². The van der Waals surface area contributed by atoms with Crippen molar-refractivity contribution in [3.8, 4) is 5.75 Å². The van der Waals surface area contributed by atoms with E-state index in [0.717, 1.165) is 10.8 Å². The summed E-state index contributed by atoms with van der Waals surface area (Å²) in [5.74, 6) is -1.27. The van der Waals surface area contributed by atoms with E-state index in [1.165, 1.54) is 13.2 Å². The molecule has 0 unspecified atom stereocenters. The second kappa shape index (κ2) is 5.93. The van der Waals surface area contributed by atoms with Crippen LogP contribution in [0.15, 0.2) is 60.7 Å². The summed E-state index contributed by atoms with van der Waals surface area (Å²) in [5, 5.41) is 11.1. The Balaban J connectivity index is 2.26. The molecule has 0 bridgehead atoms. The molecular formula is C19H14O4. The fraction of sp³-hybridized carbons (Fsp3) is 0.0526. The average molecular weight is 306 g/mol. The zero-order chi connectivity index (χ0) is 16.4. The van der Waals surface area contributed by atoms with Gasteiger partial charge in [-0.2, -0.15) is 0 Å². The van der Waals surface area contributed by atoms with Gasteiger partial charge in [0, 0.05) is 5.56 Å². The third-order valence-electron chi connectivity index (χ3n) is 3.74. The predicted octanol–water partition coefficient (Wildman–Crippen LogP) is 3.78. The highest BCUT2D eigenvalue weighted by Gasteiger charge is 2.23. The summed E-state index contributed by atoms with van der Waals surface area (Å²) in [6.45, 7) is 0. The van der Waals surface area contributed by atoms with Gasteiger partial charge in [0.1, 0.15) is 5.75 Å². The van der Waals surface area contributed by atoms with Crippen LogP contribution in [0.5, 0.6) is 5.75 Å². The first-order chi connectivity index (χ1) is 11.1. The van der Waals surface area contributed by atoms with Gasteiger partial charge in [-0.1, -0.05) is 48.5 Å². The van der Waals surface area contributed by atoms with Gasteiger partial charge < -0.3 is 9.84 Å². The first-order valence-corrected chi connectivity index (χ1v) is 7.06. The Morgan fingerprint density at radius 3 is 2.26 bits per heavy atom. The van der Waals surface area contributed by atoms with Crippen LogP contribution in [0, 0.1) is 0 Å². The molecule has 4 nitrogen and oxygen atoms in total. The van der Waals surface area contributed by atoms with Crippen LogP contribution < -0.4 is 4.74 Å². The van der Waals surface area contributed by atoms with Gasteiger partial charge in [-0.05, 0) is 22.9 Å². The lowest BCUT2D eigenvalue weighted by Gasteiger charge is -2.12. The number of aromatic carboxylic acids is 1. The molecule has 0 spiro atoms. The van der Waals surface area contributed by atoms with Crippen LogP contribution in [0.25, 0.3) is 10.8 Å². The molecular weight excluding hydrogens is 292 g/mol. The maximum absolute atomic E-state index is 13.0. The Morgan fingerprint density at radius 2 is 1.52 bits per heavy atom. The van der Waals surface area contributed by atoms with Crippen molar-refractivity contribution in [1.29, 1.82) is 0 Å². The van der Waals surface area contributed by atoms with Crippen LogP contribution in [0.4, 0.5) is 0 Å². The molecule has 0 aliphatic carbocycles. The van der Waals surface area contributed by atoms with E-state index in [-0.39, 0.29) is 22.7 Å². The van der Waals surface area contributed by atoms with Gasteiger partial charge >= 0.3 is 5.97 Å². The Hall–Kier alpha value is -3.14. The number of carboxylic acids is 1. The van der Waals surface area contributed by atoms with E-state index in [4.69, 9.17) is 4.74 Å². The molecule has 4 heteroatoms. The number of rotatable bonds is 4. The number of hydrogen-bond acceptors (Lipinski definition) is 3. The first-order valence-electron chi connectivity index (χ1n) is 7.06. The number of benzene rings is 3.